The minimum absolute atomic E-state index is 1.14. The molecule has 1 heterocycles. The van der Waals surface area contributed by atoms with Crippen molar-refractivity contribution in [2.75, 3.05) is 0 Å². The molecule has 1 heteroatoms. The Morgan fingerprint density at radius 3 is 3.00 bits per heavy atom. The molecule has 0 bridgehead atoms. The third-order valence-corrected chi connectivity index (χ3v) is 3.57. The van der Waals surface area contributed by atoms with Crippen LogP contribution in [0.2, 0.25) is 0 Å². The smallest absolute Gasteiger partial charge is 0.0168 e. The van der Waals surface area contributed by atoms with E-state index in [1.165, 1.54) is 27.1 Å². The number of aryl methyl sites for hydroxylation is 1. The topological polar surface area (TPSA) is 0 Å². The molecule has 1 aliphatic rings. The van der Waals surface area contributed by atoms with Crippen LogP contribution >= 0.6 is 11.3 Å². The largest absolute Gasteiger partial charge is 0.148 e. The van der Waals surface area contributed by atoms with Crippen molar-refractivity contribution in [3.63, 3.8) is 0 Å². The fraction of sp³-hybridized carbons (Fsp3) is 0.167. The maximum absolute atomic E-state index is 2.31. The molecular formula is C12H10S. The lowest BCUT2D eigenvalue weighted by Gasteiger charge is -1.99. The van der Waals surface area contributed by atoms with Gasteiger partial charge >= 0.3 is 0 Å². The summed E-state index contributed by atoms with van der Waals surface area (Å²) >= 11 is 1.87. The van der Waals surface area contributed by atoms with Crippen molar-refractivity contribution >= 4 is 11.3 Å². The van der Waals surface area contributed by atoms with Gasteiger partial charge in [0.1, 0.15) is 0 Å². The molecule has 0 fully saturated rings. The zero-order valence-electron chi connectivity index (χ0n) is 7.50. The maximum atomic E-state index is 2.31. The first-order valence-corrected chi connectivity index (χ1v) is 5.39. The van der Waals surface area contributed by atoms with Gasteiger partial charge in [-0.15, -0.1) is 11.3 Å². The second-order valence-electron chi connectivity index (χ2n) is 3.59. The van der Waals surface area contributed by atoms with E-state index in [-0.39, 0.29) is 0 Å². The second kappa shape index (κ2) is 2.46. The van der Waals surface area contributed by atoms with Gasteiger partial charge in [0, 0.05) is 11.3 Å². The average Bonchev–Trinajstić information content (AvgIpc) is 2.62. The highest BCUT2D eigenvalue weighted by molar-refractivity contribution is 7.10. The van der Waals surface area contributed by atoms with Gasteiger partial charge in [0.25, 0.3) is 0 Å². The average molecular weight is 186 g/mol. The number of benzene rings is 1. The van der Waals surface area contributed by atoms with Gasteiger partial charge in [-0.2, -0.15) is 0 Å². The summed E-state index contributed by atoms with van der Waals surface area (Å²) in [6.07, 6.45) is 1.14. The first kappa shape index (κ1) is 7.34. The predicted octanol–water partition coefficient (Wildman–Crippen LogP) is 3.63. The molecule has 0 spiro atoms. The highest BCUT2D eigenvalue weighted by Crippen LogP contribution is 2.39. The summed E-state index contributed by atoms with van der Waals surface area (Å²) in [4.78, 5) is 1.53. The van der Waals surface area contributed by atoms with Gasteiger partial charge in [0.05, 0.1) is 0 Å². The molecule has 0 radical (unpaired) electrons. The zero-order chi connectivity index (χ0) is 8.84. The molecule has 64 valence electrons. The van der Waals surface area contributed by atoms with Gasteiger partial charge in [-0.1, -0.05) is 23.8 Å². The lowest BCUT2D eigenvalue weighted by Crippen LogP contribution is -1.80. The number of thiophene rings is 1. The molecule has 3 rings (SSSR count). The van der Waals surface area contributed by atoms with Crippen molar-refractivity contribution < 1.29 is 0 Å². The summed E-state index contributed by atoms with van der Waals surface area (Å²) in [5.41, 5.74) is 5.78. The SMILES string of the molecule is Cc1ccc2c(c1)Cc1sccc1-2. The van der Waals surface area contributed by atoms with Crippen LogP contribution in [0.1, 0.15) is 16.0 Å². The fourth-order valence-electron chi connectivity index (χ4n) is 2.02. The minimum Gasteiger partial charge on any atom is -0.148 e. The molecule has 0 saturated heterocycles. The molecule has 0 nitrogen and oxygen atoms in total. The van der Waals surface area contributed by atoms with Crippen molar-refractivity contribution in [2.24, 2.45) is 0 Å². The molecule has 0 N–H and O–H groups in total. The highest BCUT2D eigenvalue weighted by atomic mass is 32.1. The Balaban J connectivity index is 2.29. The summed E-state index contributed by atoms with van der Waals surface area (Å²) in [5, 5.41) is 2.19. The van der Waals surface area contributed by atoms with E-state index in [4.69, 9.17) is 0 Å². The van der Waals surface area contributed by atoms with Gasteiger partial charge < -0.3 is 0 Å². The molecule has 0 aliphatic heterocycles. The van der Waals surface area contributed by atoms with Gasteiger partial charge in [-0.25, -0.2) is 0 Å². The van der Waals surface area contributed by atoms with Gasteiger partial charge in [0.15, 0.2) is 0 Å². The summed E-state index contributed by atoms with van der Waals surface area (Å²) < 4.78 is 0. The van der Waals surface area contributed by atoms with Crippen LogP contribution in [0, 0.1) is 6.92 Å². The number of fused-ring (bicyclic) bond motifs is 3. The maximum Gasteiger partial charge on any atom is 0.0168 e. The first-order valence-electron chi connectivity index (χ1n) is 4.51. The Morgan fingerprint density at radius 1 is 1.15 bits per heavy atom. The van der Waals surface area contributed by atoms with Crippen molar-refractivity contribution in [2.45, 2.75) is 13.3 Å². The van der Waals surface area contributed by atoms with E-state index < -0.39 is 0 Å². The van der Waals surface area contributed by atoms with Gasteiger partial charge in [-0.05, 0) is 35.1 Å². The molecule has 0 unspecified atom stereocenters. The van der Waals surface area contributed by atoms with E-state index in [0.29, 0.717) is 0 Å². The standard InChI is InChI=1S/C12H10S/c1-8-2-3-10-9(6-8)7-12-11(10)4-5-13-12/h2-6H,7H2,1H3. The number of rotatable bonds is 0. The summed E-state index contributed by atoms with van der Waals surface area (Å²) in [6.45, 7) is 2.16. The predicted molar refractivity (Wildman–Crippen MR) is 57.3 cm³/mol. The minimum atomic E-state index is 1.14. The molecular weight excluding hydrogens is 176 g/mol. The van der Waals surface area contributed by atoms with E-state index in [2.05, 4.69) is 36.6 Å². The van der Waals surface area contributed by atoms with Crippen molar-refractivity contribution in [1.82, 2.24) is 0 Å². The molecule has 0 saturated carbocycles. The van der Waals surface area contributed by atoms with Crippen molar-refractivity contribution in [3.05, 3.63) is 45.6 Å². The Morgan fingerprint density at radius 2 is 2.08 bits per heavy atom. The van der Waals surface area contributed by atoms with Crippen LogP contribution in [0.5, 0.6) is 0 Å². The van der Waals surface area contributed by atoms with Crippen LogP contribution in [-0.2, 0) is 6.42 Å². The quantitative estimate of drug-likeness (QED) is 0.503. The lowest BCUT2D eigenvalue weighted by molar-refractivity contribution is 1.29. The third-order valence-electron chi connectivity index (χ3n) is 2.65. The van der Waals surface area contributed by atoms with Crippen LogP contribution in [0.4, 0.5) is 0 Å². The molecule has 13 heavy (non-hydrogen) atoms. The lowest BCUT2D eigenvalue weighted by atomic mass is 10.1. The van der Waals surface area contributed by atoms with E-state index in [0.717, 1.165) is 6.42 Å². The van der Waals surface area contributed by atoms with Crippen molar-refractivity contribution in [1.29, 1.82) is 0 Å². The molecule has 1 aromatic carbocycles. The summed E-state index contributed by atoms with van der Waals surface area (Å²) in [5.74, 6) is 0. The molecule has 1 aliphatic carbocycles. The van der Waals surface area contributed by atoms with E-state index in [9.17, 15) is 0 Å². The van der Waals surface area contributed by atoms with E-state index >= 15 is 0 Å². The number of hydrogen-bond donors (Lipinski definition) is 0. The third kappa shape index (κ3) is 0.971. The summed E-state index contributed by atoms with van der Waals surface area (Å²) in [7, 11) is 0. The van der Waals surface area contributed by atoms with E-state index in [1.807, 2.05) is 11.3 Å². The molecule has 0 amide bonds. The Hall–Kier alpha value is -1.08. The van der Waals surface area contributed by atoms with Crippen molar-refractivity contribution in [3.8, 4) is 11.1 Å². The number of hydrogen-bond acceptors (Lipinski definition) is 1. The Kier molecular flexibility index (Phi) is 1.39. The van der Waals surface area contributed by atoms with Gasteiger partial charge in [0.2, 0.25) is 0 Å². The Bertz CT molecular complexity index is 466. The zero-order valence-corrected chi connectivity index (χ0v) is 8.32. The summed E-state index contributed by atoms with van der Waals surface area (Å²) in [6, 6.07) is 9.00. The fourth-order valence-corrected chi connectivity index (χ4v) is 2.93. The van der Waals surface area contributed by atoms with Crippen LogP contribution in [0.25, 0.3) is 11.1 Å². The van der Waals surface area contributed by atoms with Gasteiger partial charge in [-0.3, -0.25) is 0 Å². The van der Waals surface area contributed by atoms with E-state index in [1.54, 1.807) is 0 Å². The molecule has 2 aromatic rings. The highest BCUT2D eigenvalue weighted by Gasteiger charge is 2.18. The molecule has 1 aromatic heterocycles. The Labute approximate surface area is 81.9 Å². The van der Waals surface area contributed by atoms with Crippen LogP contribution < -0.4 is 0 Å². The second-order valence-corrected chi connectivity index (χ2v) is 4.60. The van der Waals surface area contributed by atoms with Crippen LogP contribution in [-0.4, -0.2) is 0 Å². The first-order chi connectivity index (χ1) is 6.34. The van der Waals surface area contributed by atoms with Crippen LogP contribution in [0.15, 0.2) is 29.6 Å². The van der Waals surface area contributed by atoms with Crippen LogP contribution in [0.3, 0.4) is 0 Å². The molecule has 0 atom stereocenters. The monoisotopic (exact) mass is 186 g/mol. The normalized spacial score (nSPS) is 12.7.